The van der Waals surface area contributed by atoms with Gasteiger partial charge >= 0.3 is 0 Å². The van der Waals surface area contributed by atoms with Crippen LogP contribution in [0, 0.1) is 12.8 Å². The summed E-state index contributed by atoms with van der Waals surface area (Å²) in [6, 6.07) is 20.6. The predicted molar refractivity (Wildman–Crippen MR) is 127 cm³/mol. The molecule has 6 nitrogen and oxygen atoms in total. The monoisotopic (exact) mass is 443 g/mol. The molecular formula is C27H29N3O3. The van der Waals surface area contributed by atoms with Gasteiger partial charge in [-0.1, -0.05) is 35.9 Å². The van der Waals surface area contributed by atoms with Gasteiger partial charge < -0.3 is 15.0 Å². The number of nitrogens with zero attached hydrogens (tertiary/aromatic N) is 2. The van der Waals surface area contributed by atoms with E-state index < -0.39 is 0 Å². The molecule has 33 heavy (non-hydrogen) atoms. The van der Waals surface area contributed by atoms with E-state index >= 15 is 0 Å². The zero-order valence-electron chi connectivity index (χ0n) is 19.0. The van der Waals surface area contributed by atoms with Crippen LogP contribution >= 0.6 is 0 Å². The zero-order valence-corrected chi connectivity index (χ0v) is 19.0. The highest BCUT2D eigenvalue weighted by Gasteiger charge is 2.30. The van der Waals surface area contributed by atoms with E-state index in [2.05, 4.69) is 10.3 Å². The topological polar surface area (TPSA) is 71.5 Å². The molecule has 2 amide bonds. The summed E-state index contributed by atoms with van der Waals surface area (Å²) < 4.78 is 5.26. The Kier molecular flexibility index (Phi) is 7.03. The summed E-state index contributed by atoms with van der Waals surface area (Å²) in [5, 5.41) is 3.19. The van der Waals surface area contributed by atoms with Crippen LogP contribution in [0.5, 0.6) is 5.75 Å². The number of ether oxygens (including phenoxy) is 1. The number of aryl methyl sites for hydroxylation is 1. The standard InChI is InChI=1S/C27H29N3O3/c1-19-6-8-22(9-7-19)27(32)30-17-14-21(15-18-30)26(31)29-25(24-5-3-4-16-28-24)20-10-12-23(33-2)13-11-20/h3-13,16,21,25H,14-15,17-18H2,1-2H3,(H,29,31). The molecule has 0 aliphatic carbocycles. The fourth-order valence-electron chi connectivity index (χ4n) is 4.15. The molecule has 1 saturated heterocycles. The van der Waals surface area contributed by atoms with Crippen LogP contribution in [0.2, 0.25) is 0 Å². The van der Waals surface area contributed by atoms with Crippen molar-refractivity contribution in [2.45, 2.75) is 25.8 Å². The first kappa shape index (κ1) is 22.5. The van der Waals surface area contributed by atoms with Crippen molar-refractivity contribution in [3.05, 3.63) is 95.3 Å². The van der Waals surface area contributed by atoms with Crippen LogP contribution in [0.1, 0.15) is 46.1 Å². The number of likely N-dealkylation sites (tertiary alicyclic amines) is 1. The first-order valence-electron chi connectivity index (χ1n) is 11.3. The molecule has 1 aliphatic rings. The number of amides is 2. The number of nitrogens with one attached hydrogen (secondary N) is 1. The average molecular weight is 444 g/mol. The molecule has 0 radical (unpaired) electrons. The van der Waals surface area contributed by atoms with Gasteiger partial charge in [-0.05, 0) is 61.7 Å². The summed E-state index contributed by atoms with van der Waals surface area (Å²) in [4.78, 5) is 32.3. The van der Waals surface area contributed by atoms with E-state index in [1.165, 1.54) is 0 Å². The summed E-state index contributed by atoms with van der Waals surface area (Å²) in [5.41, 5.74) is 3.54. The number of hydrogen-bond acceptors (Lipinski definition) is 4. The first-order chi connectivity index (χ1) is 16.0. The number of methoxy groups -OCH3 is 1. The lowest BCUT2D eigenvalue weighted by Crippen LogP contribution is -2.44. The second-order valence-corrected chi connectivity index (χ2v) is 8.40. The highest BCUT2D eigenvalue weighted by molar-refractivity contribution is 5.94. The maximum absolute atomic E-state index is 13.2. The Balaban J connectivity index is 1.42. The number of carbonyl (C=O) groups excluding carboxylic acids is 2. The quantitative estimate of drug-likeness (QED) is 0.621. The Morgan fingerprint density at radius 2 is 1.70 bits per heavy atom. The molecule has 1 aliphatic heterocycles. The van der Waals surface area contributed by atoms with Gasteiger partial charge in [0.25, 0.3) is 5.91 Å². The average Bonchev–Trinajstić information content (AvgIpc) is 2.88. The zero-order chi connectivity index (χ0) is 23.2. The van der Waals surface area contributed by atoms with E-state index in [-0.39, 0.29) is 23.8 Å². The van der Waals surface area contributed by atoms with E-state index in [4.69, 9.17) is 4.74 Å². The van der Waals surface area contributed by atoms with Crippen molar-refractivity contribution in [3.63, 3.8) is 0 Å². The minimum absolute atomic E-state index is 0.0103. The van der Waals surface area contributed by atoms with Crippen LogP contribution in [0.25, 0.3) is 0 Å². The van der Waals surface area contributed by atoms with E-state index in [1.807, 2.05) is 78.6 Å². The molecule has 2 heterocycles. The highest BCUT2D eigenvalue weighted by atomic mass is 16.5. The lowest BCUT2D eigenvalue weighted by Gasteiger charge is -2.32. The molecule has 1 fully saturated rings. The van der Waals surface area contributed by atoms with Crippen LogP contribution in [0.4, 0.5) is 0 Å². The fraction of sp³-hybridized carbons (Fsp3) is 0.296. The van der Waals surface area contributed by atoms with Gasteiger partial charge in [0, 0.05) is 30.8 Å². The van der Waals surface area contributed by atoms with Crippen LogP contribution in [0.15, 0.2) is 72.9 Å². The van der Waals surface area contributed by atoms with Crippen molar-refractivity contribution >= 4 is 11.8 Å². The third-order valence-electron chi connectivity index (χ3n) is 6.17. The maximum atomic E-state index is 13.2. The van der Waals surface area contributed by atoms with E-state index in [1.54, 1.807) is 13.3 Å². The lowest BCUT2D eigenvalue weighted by atomic mass is 9.94. The Bertz CT molecular complexity index is 1070. The number of benzene rings is 2. The van der Waals surface area contributed by atoms with E-state index in [0.717, 1.165) is 22.6 Å². The number of piperidine rings is 1. The van der Waals surface area contributed by atoms with Crippen molar-refractivity contribution in [1.82, 2.24) is 15.2 Å². The number of carbonyl (C=O) groups is 2. The van der Waals surface area contributed by atoms with Crippen molar-refractivity contribution in [2.75, 3.05) is 20.2 Å². The number of rotatable bonds is 6. The number of pyridine rings is 1. The van der Waals surface area contributed by atoms with Gasteiger partial charge in [-0.2, -0.15) is 0 Å². The first-order valence-corrected chi connectivity index (χ1v) is 11.3. The van der Waals surface area contributed by atoms with Crippen LogP contribution in [-0.4, -0.2) is 41.9 Å². The molecule has 2 aromatic carbocycles. The molecule has 6 heteroatoms. The van der Waals surface area contributed by atoms with Crippen LogP contribution in [-0.2, 0) is 4.79 Å². The van der Waals surface area contributed by atoms with Gasteiger partial charge in [0.1, 0.15) is 5.75 Å². The van der Waals surface area contributed by atoms with Gasteiger partial charge in [0.2, 0.25) is 5.91 Å². The Labute approximate surface area is 194 Å². The highest BCUT2D eigenvalue weighted by Crippen LogP contribution is 2.25. The smallest absolute Gasteiger partial charge is 0.253 e. The summed E-state index contributed by atoms with van der Waals surface area (Å²) in [7, 11) is 1.63. The summed E-state index contributed by atoms with van der Waals surface area (Å²) in [5.74, 6) is 0.634. The normalized spacial score (nSPS) is 15.0. The molecule has 0 saturated carbocycles. The molecule has 1 atom stereocenters. The molecule has 1 aromatic heterocycles. The molecule has 3 aromatic rings. The van der Waals surface area contributed by atoms with Crippen LogP contribution in [0.3, 0.4) is 0 Å². The summed E-state index contributed by atoms with van der Waals surface area (Å²) in [6.07, 6.45) is 3.01. The largest absolute Gasteiger partial charge is 0.497 e. The van der Waals surface area contributed by atoms with Gasteiger partial charge in [-0.3, -0.25) is 14.6 Å². The second-order valence-electron chi connectivity index (χ2n) is 8.40. The van der Waals surface area contributed by atoms with Crippen molar-refractivity contribution in [1.29, 1.82) is 0 Å². The van der Waals surface area contributed by atoms with Crippen molar-refractivity contribution in [3.8, 4) is 5.75 Å². The number of hydrogen-bond donors (Lipinski definition) is 1. The van der Waals surface area contributed by atoms with E-state index in [0.29, 0.717) is 31.5 Å². The van der Waals surface area contributed by atoms with Gasteiger partial charge in [-0.15, -0.1) is 0 Å². The molecule has 4 rings (SSSR count). The Morgan fingerprint density at radius 1 is 1.00 bits per heavy atom. The summed E-state index contributed by atoms with van der Waals surface area (Å²) >= 11 is 0. The molecule has 1 unspecified atom stereocenters. The van der Waals surface area contributed by atoms with Gasteiger partial charge in [0.05, 0.1) is 18.8 Å². The summed E-state index contributed by atoms with van der Waals surface area (Å²) in [6.45, 7) is 3.14. The van der Waals surface area contributed by atoms with E-state index in [9.17, 15) is 9.59 Å². The maximum Gasteiger partial charge on any atom is 0.253 e. The Hall–Kier alpha value is -3.67. The molecule has 0 bridgehead atoms. The van der Waals surface area contributed by atoms with Crippen LogP contribution < -0.4 is 10.1 Å². The third kappa shape index (κ3) is 5.40. The second kappa shape index (κ2) is 10.3. The minimum atomic E-state index is -0.350. The predicted octanol–water partition coefficient (Wildman–Crippen LogP) is 4.16. The fourth-order valence-corrected chi connectivity index (χ4v) is 4.15. The molecule has 170 valence electrons. The van der Waals surface area contributed by atoms with Gasteiger partial charge in [-0.25, -0.2) is 0 Å². The SMILES string of the molecule is COc1ccc(C(NC(=O)C2CCN(C(=O)c3ccc(C)cc3)CC2)c2ccccn2)cc1. The third-order valence-corrected chi connectivity index (χ3v) is 6.17. The molecular weight excluding hydrogens is 414 g/mol. The molecule has 0 spiro atoms. The van der Waals surface area contributed by atoms with Crippen molar-refractivity contribution in [2.24, 2.45) is 5.92 Å². The molecule has 1 N–H and O–H groups in total. The van der Waals surface area contributed by atoms with Gasteiger partial charge in [0.15, 0.2) is 0 Å². The Morgan fingerprint density at radius 3 is 2.30 bits per heavy atom. The number of aromatic nitrogens is 1. The van der Waals surface area contributed by atoms with Crippen molar-refractivity contribution < 1.29 is 14.3 Å². The lowest BCUT2D eigenvalue weighted by molar-refractivity contribution is -0.126. The minimum Gasteiger partial charge on any atom is -0.497 e.